The van der Waals surface area contributed by atoms with Gasteiger partial charge in [-0.1, -0.05) is 11.6 Å². The summed E-state index contributed by atoms with van der Waals surface area (Å²) in [5, 5.41) is 10.6. The maximum Gasteiger partial charge on any atom is 0.283 e. The minimum Gasteiger partial charge on any atom is -0.453 e. The summed E-state index contributed by atoms with van der Waals surface area (Å²) in [4.78, 5) is 20.5. The van der Waals surface area contributed by atoms with E-state index in [-0.39, 0.29) is 22.1 Å². The number of hydrogen-bond donors (Lipinski definition) is 0. The van der Waals surface area contributed by atoms with Gasteiger partial charge in [-0.3, -0.25) is 14.9 Å². The average molecular weight is 270 g/mol. The van der Waals surface area contributed by atoms with Crippen molar-refractivity contribution in [3.63, 3.8) is 0 Å². The molecule has 0 saturated carbocycles. The number of benzene rings is 1. The molecule has 0 saturated heterocycles. The average Bonchev–Trinajstić information content (AvgIpc) is 2.80. The Morgan fingerprint density at radius 1 is 1.39 bits per heavy atom. The number of nitro groups is 1. The molecule has 0 radical (unpaired) electrons. The van der Waals surface area contributed by atoms with Crippen molar-refractivity contribution in [3.05, 3.63) is 51.0 Å². The maximum absolute atomic E-state index is 13.2. The monoisotopic (exact) mass is 269 g/mol. The molecule has 0 aliphatic carbocycles. The lowest BCUT2D eigenvalue weighted by Crippen LogP contribution is -1.93. The standard InChI is InChI=1S/C11H5ClFNO4/c12-8-3-7(10(14(16)17)4-9(8)13)11-2-1-6(5-15)18-11/h1-5H. The van der Waals surface area contributed by atoms with Crippen LogP contribution in [0.1, 0.15) is 10.6 Å². The van der Waals surface area contributed by atoms with Crippen LogP contribution in [-0.4, -0.2) is 11.2 Å². The van der Waals surface area contributed by atoms with Crippen LogP contribution in [0, 0.1) is 15.9 Å². The molecule has 2 rings (SSSR count). The second-order valence-corrected chi connectivity index (χ2v) is 3.77. The molecule has 0 atom stereocenters. The van der Waals surface area contributed by atoms with E-state index in [1.54, 1.807) is 0 Å². The van der Waals surface area contributed by atoms with E-state index in [4.69, 9.17) is 16.0 Å². The van der Waals surface area contributed by atoms with Crippen molar-refractivity contribution in [2.45, 2.75) is 0 Å². The van der Waals surface area contributed by atoms with Gasteiger partial charge in [-0.15, -0.1) is 0 Å². The van der Waals surface area contributed by atoms with Gasteiger partial charge >= 0.3 is 0 Å². The molecule has 0 bridgehead atoms. The molecule has 1 heterocycles. The van der Waals surface area contributed by atoms with Crippen molar-refractivity contribution in [1.29, 1.82) is 0 Å². The Kier molecular flexibility index (Phi) is 3.12. The molecular weight excluding hydrogens is 265 g/mol. The fraction of sp³-hybridized carbons (Fsp3) is 0. The quantitative estimate of drug-likeness (QED) is 0.486. The summed E-state index contributed by atoms with van der Waals surface area (Å²) in [5.74, 6) is -0.806. The largest absolute Gasteiger partial charge is 0.453 e. The summed E-state index contributed by atoms with van der Waals surface area (Å²) in [6.45, 7) is 0. The zero-order chi connectivity index (χ0) is 13.3. The third-order valence-electron chi connectivity index (χ3n) is 2.24. The fourth-order valence-electron chi connectivity index (χ4n) is 1.45. The van der Waals surface area contributed by atoms with Crippen LogP contribution in [0.4, 0.5) is 10.1 Å². The fourth-order valence-corrected chi connectivity index (χ4v) is 1.61. The Balaban J connectivity index is 2.65. The van der Waals surface area contributed by atoms with Gasteiger partial charge in [-0.25, -0.2) is 4.39 Å². The van der Waals surface area contributed by atoms with Gasteiger partial charge in [0.15, 0.2) is 12.0 Å². The van der Waals surface area contributed by atoms with Gasteiger partial charge < -0.3 is 4.42 Å². The predicted molar refractivity (Wildman–Crippen MR) is 61.2 cm³/mol. The van der Waals surface area contributed by atoms with Crippen LogP contribution in [0.15, 0.2) is 28.7 Å². The first-order valence-electron chi connectivity index (χ1n) is 4.71. The van der Waals surface area contributed by atoms with E-state index in [2.05, 4.69) is 0 Å². The molecule has 92 valence electrons. The number of aldehydes is 1. The molecule has 0 N–H and O–H groups in total. The molecular formula is C11H5ClFNO4. The topological polar surface area (TPSA) is 73.3 Å². The Morgan fingerprint density at radius 2 is 2.11 bits per heavy atom. The van der Waals surface area contributed by atoms with Gasteiger partial charge in [0.1, 0.15) is 11.6 Å². The number of rotatable bonds is 3. The number of furan rings is 1. The lowest BCUT2D eigenvalue weighted by atomic mass is 10.1. The summed E-state index contributed by atoms with van der Waals surface area (Å²) < 4.78 is 18.2. The van der Waals surface area contributed by atoms with E-state index in [1.807, 2.05) is 0 Å². The van der Waals surface area contributed by atoms with E-state index < -0.39 is 16.4 Å². The molecule has 1 aromatic carbocycles. The Morgan fingerprint density at radius 3 is 2.67 bits per heavy atom. The lowest BCUT2D eigenvalue weighted by Gasteiger charge is -2.01. The summed E-state index contributed by atoms with van der Waals surface area (Å²) in [5.41, 5.74) is -0.469. The van der Waals surface area contributed by atoms with E-state index in [0.717, 1.165) is 6.07 Å². The summed E-state index contributed by atoms with van der Waals surface area (Å²) in [7, 11) is 0. The molecule has 5 nitrogen and oxygen atoms in total. The van der Waals surface area contributed by atoms with E-state index >= 15 is 0 Å². The van der Waals surface area contributed by atoms with Crippen molar-refractivity contribution < 1.29 is 18.5 Å². The van der Waals surface area contributed by atoms with Crippen LogP contribution in [0.5, 0.6) is 0 Å². The van der Waals surface area contributed by atoms with Crippen molar-refractivity contribution in [1.82, 2.24) is 0 Å². The van der Waals surface area contributed by atoms with Gasteiger partial charge in [0, 0.05) is 0 Å². The normalized spacial score (nSPS) is 10.3. The van der Waals surface area contributed by atoms with Gasteiger partial charge in [0.05, 0.1) is 21.6 Å². The molecule has 0 aliphatic heterocycles. The maximum atomic E-state index is 13.2. The highest BCUT2D eigenvalue weighted by atomic mass is 35.5. The molecule has 18 heavy (non-hydrogen) atoms. The third kappa shape index (κ3) is 2.10. The molecule has 0 unspecified atom stereocenters. The molecule has 0 aliphatic rings. The molecule has 7 heteroatoms. The van der Waals surface area contributed by atoms with Crippen molar-refractivity contribution in [2.75, 3.05) is 0 Å². The molecule has 0 spiro atoms. The smallest absolute Gasteiger partial charge is 0.283 e. The van der Waals surface area contributed by atoms with Crippen LogP contribution < -0.4 is 0 Å². The van der Waals surface area contributed by atoms with Gasteiger partial charge in [-0.2, -0.15) is 0 Å². The van der Waals surface area contributed by atoms with Crippen molar-refractivity contribution in [2.24, 2.45) is 0 Å². The highest BCUT2D eigenvalue weighted by Gasteiger charge is 2.21. The second-order valence-electron chi connectivity index (χ2n) is 3.36. The lowest BCUT2D eigenvalue weighted by molar-refractivity contribution is -0.384. The van der Waals surface area contributed by atoms with E-state index in [9.17, 15) is 19.3 Å². The van der Waals surface area contributed by atoms with E-state index in [1.165, 1.54) is 12.1 Å². The Labute approximate surface area is 105 Å². The first-order valence-corrected chi connectivity index (χ1v) is 5.09. The SMILES string of the molecule is O=Cc1ccc(-c2cc(Cl)c(F)cc2[N+](=O)[O-])o1. The van der Waals surface area contributed by atoms with Crippen LogP contribution in [0.25, 0.3) is 11.3 Å². The molecule has 2 aromatic rings. The number of halogens is 2. The summed E-state index contributed by atoms with van der Waals surface area (Å²) in [6, 6.07) is 4.52. The number of nitrogens with zero attached hydrogens (tertiary/aromatic N) is 1. The van der Waals surface area contributed by atoms with Crippen LogP contribution in [-0.2, 0) is 0 Å². The van der Waals surface area contributed by atoms with Crippen LogP contribution in [0.3, 0.4) is 0 Å². The highest BCUT2D eigenvalue weighted by molar-refractivity contribution is 6.31. The summed E-state index contributed by atoms with van der Waals surface area (Å²) in [6.07, 6.45) is 0.459. The minimum absolute atomic E-state index is 0.0134. The minimum atomic E-state index is -0.894. The first kappa shape index (κ1) is 12.3. The molecule has 1 aromatic heterocycles. The third-order valence-corrected chi connectivity index (χ3v) is 2.53. The van der Waals surface area contributed by atoms with Gasteiger partial charge in [-0.05, 0) is 18.2 Å². The number of hydrogen-bond acceptors (Lipinski definition) is 4. The van der Waals surface area contributed by atoms with Crippen LogP contribution >= 0.6 is 11.6 Å². The zero-order valence-electron chi connectivity index (χ0n) is 8.72. The van der Waals surface area contributed by atoms with Gasteiger partial charge in [0.2, 0.25) is 0 Å². The van der Waals surface area contributed by atoms with Crippen molar-refractivity contribution in [3.8, 4) is 11.3 Å². The van der Waals surface area contributed by atoms with Crippen molar-refractivity contribution >= 4 is 23.6 Å². The number of nitro benzene ring substituents is 1. The van der Waals surface area contributed by atoms with Gasteiger partial charge in [0.25, 0.3) is 5.69 Å². The predicted octanol–water partition coefficient (Wildman–Crippen LogP) is 3.46. The molecule has 0 amide bonds. The number of carbonyl (C=O) groups excluding carboxylic acids is 1. The Bertz CT molecular complexity index is 638. The first-order chi connectivity index (χ1) is 8.52. The summed E-state index contributed by atoms with van der Waals surface area (Å²) >= 11 is 5.57. The zero-order valence-corrected chi connectivity index (χ0v) is 9.48. The Hall–Kier alpha value is -2.21. The molecule has 0 fully saturated rings. The van der Waals surface area contributed by atoms with Crippen LogP contribution in [0.2, 0.25) is 5.02 Å². The van der Waals surface area contributed by atoms with E-state index in [0.29, 0.717) is 12.4 Å². The second kappa shape index (κ2) is 4.58. The highest BCUT2D eigenvalue weighted by Crippen LogP contribution is 2.34. The number of carbonyl (C=O) groups is 1.